The second-order valence-electron chi connectivity index (χ2n) is 2.05. The number of Topliss-reactive ketones (excluding diaryl/α,β-unsaturated/α-hetero) is 1. The Balaban J connectivity index is 0.000000605. The van der Waals surface area contributed by atoms with E-state index in [2.05, 4.69) is 10.3 Å². The summed E-state index contributed by atoms with van der Waals surface area (Å²) in [6, 6.07) is 1.65. The fourth-order valence-corrected chi connectivity index (χ4v) is 0.954. The molecule has 11 heavy (non-hydrogen) atoms. The first-order chi connectivity index (χ1) is 4.79. The Morgan fingerprint density at radius 3 is 2.64 bits per heavy atom. The molecule has 1 aromatic heterocycles. The number of nitrogens with one attached hydrogen (secondary N) is 2. The van der Waals surface area contributed by atoms with E-state index in [0.29, 0.717) is 11.4 Å². The van der Waals surface area contributed by atoms with Crippen molar-refractivity contribution in [1.29, 1.82) is 0 Å². The molecule has 2 N–H and O–H groups in total. The molecule has 2 heterocycles. The molecule has 0 aliphatic carbocycles. The van der Waals surface area contributed by atoms with Crippen LogP contribution in [-0.2, 0) is 4.79 Å². The summed E-state index contributed by atoms with van der Waals surface area (Å²) in [6.45, 7) is 0. The normalized spacial score (nSPS) is 13.8. The summed E-state index contributed by atoms with van der Waals surface area (Å²) in [5, 5.41) is 2.41. The van der Waals surface area contributed by atoms with Crippen LogP contribution in [0.4, 0.5) is 5.69 Å². The van der Waals surface area contributed by atoms with Crippen LogP contribution in [-0.4, -0.2) is 39.7 Å². The van der Waals surface area contributed by atoms with Crippen molar-refractivity contribution in [2.75, 3.05) is 5.32 Å². The van der Waals surface area contributed by atoms with E-state index in [0.717, 1.165) is 0 Å². The molecule has 0 unspecified atom stereocenters. The van der Waals surface area contributed by atoms with Crippen molar-refractivity contribution in [2.24, 2.45) is 0 Å². The van der Waals surface area contributed by atoms with Gasteiger partial charge in [0, 0.05) is 29.2 Å². The zero-order valence-electron chi connectivity index (χ0n) is 5.68. The van der Waals surface area contributed by atoms with Crippen molar-refractivity contribution < 1.29 is 9.59 Å². The Hall–Kier alpha value is -0.814. The van der Waals surface area contributed by atoms with Crippen LogP contribution in [0.2, 0.25) is 0 Å². The Morgan fingerprint density at radius 1 is 1.27 bits per heavy atom. The fraction of sp³-hybridized carbons (Fsp3) is 0. The number of carbonyl (C=O) groups is 2. The molecule has 0 bridgehead atoms. The molecule has 0 spiro atoms. The Morgan fingerprint density at radius 2 is 2.00 bits per heavy atom. The molecule has 0 aromatic carbocycles. The summed E-state index contributed by atoms with van der Waals surface area (Å²) in [5.74, 6) is -1.04. The smallest absolute Gasteiger partial charge is 0.298 e. The van der Waals surface area contributed by atoms with Crippen LogP contribution in [0.15, 0.2) is 12.3 Å². The third-order valence-corrected chi connectivity index (χ3v) is 1.43. The molecule has 1 amide bonds. The van der Waals surface area contributed by atoms with Gasteiger partial charge in [0.15, 0.2) is 0 Å². The minimum Gasteiger partial charge on any atom is -0.357 e. The minimum absolute atomic E-state index is 0. The molecule has 0 fully saturated rings. The zero-order valence-corrected chi connectivity index (χ0v) is 7.09. The summed E-state index contributed by atoms with van der Waals surface area (Å²) in [7, 11) is 0. The molecule has 4 nitrogen and oxygen atoms in total. The van der Waals surface area contributed by atoms with Crippen LogP contribution in [0.1, 0.15) is 10.5 Å². The number of aromatic amines is 1. The SMILES string of the molecule is O=C1Nc2cc[nH]c2C1=O.[Mg]. The van der Waals surface area contributed by atoms with E-state index in [-0.39, 0.29) is 23.1 Å². The number of hydrogen-bond acceptors (Lipinski definition) is 2. The van der Waals surface area contributed by atoms with E-state index < -0.39 is 11.7 Å². The first kappa shape index (κ1) is 8.28. The van der Waals surface area contributed by atoms with Crippen molar-refractivity contribution in [3.05, 3.63) is 18.0 Å². The second-order valence-corrected chi connectivity index (χ2v) is 2.05. The summed E-state index contributed by atoms with van der Waals surface area (Å²) in [5.41, 5.74) is 0.944. The third kappa shape index (κ3) is 1.06. The van der Waals surface area contributed by atoms with Gasteiger partial charge in [-0.15, -0.1) is 0 Å². The zero-order chi connectivity index (χ0) is 7.14. The van der Waals surface area contributed by atoms with Crippen molar-refractivity contribution in [3.63, 3.8) is 0 Å². The van der Waals surface area contributed by atoms with Crippen LogP contribution in [0.5, 0.6) is 0 Å². The maximum absolute atomic E-state index is 10.8. The molecule has 1 aliphatic heterocycles. The largest absolute Gasteiger partial charge is 0.357 e. The maximum atomic E-state index is 10.8. The number of fused-ring (bicyclic) bond motifs is 1. The van der Waals surface area contributed by atoms with E-state index in [9.17, 15) is 9.59 Å². The molecule has 52 valence electrons. The Labute approximate surface area is 78.5 Å². The number of ketones is 1. The van der Waals surface area contributed by atoms with Gasteiger partial charge < -0.3 is 10.3 Å². The average molecular weight is 160 g/mol. The molecule has 1 aromatic rings. The summed E-state index contributed by atoms with van der Waals surface area (Å²) in [4.78, 5) is 24.1. The lowest BCUT2D eigenvalue weighted by atomic mass is 10.3. The van der Waals surface area contributed by atoms with Crippen LogP contribution >= 0.6 is 0 Å². The number of amides is 1. The van der Waals surface area contributed by atoms with Gasteiger partial charge in [0.1, 0.15) is 5.69 Å². The molecule has 0 saturated carbocycles. The average Bonchev–Trinajstić information content (AvgIpc) is 2.41. The highest BCUT2D eigenvalue weighted by Gasteiger charge is 2.28. The minimum atomic E-state index is -0.554. The van der Waals surface area contributed by atoms with Crippen molar-refractivity contribution in [1.82, 2.24) is 4.98 Å². The number of aromatic nitrogens is 1. The van der Waals surface area contributed by atoms with E-state index in [1.165, 1.54) is 0 Å². The molecule has 0 atom stereocenters. The van der Waals surface area contributed by atoms with Crippen molar-refractivity contribution in [3.8, 4) is 0 Å². The predicted octanol–water partition coefficient (Wildman–Crippen LogP) is -0.231. The number of H-pyrrole nitrogens is 1. The predicted molar refractivity (Wildman–Crippen MR) is 39.5 cm³/mol. The van der Waals surface area contributed by atoms with Gasteiger partial charge in [-0.3, -0.25) is 9.59 Å². The first-order valence-electron chi connectivity index (χ1n) is 2.82. The lowest BCUT2D eigenvalue weighted by Crippen LogP contribution is -2.13. The molecule has 2 radical (unpaired) electrons. The van der Waals surface area contributed by atoms with Gasteiger partial charge in [0.2, 0.25) is 0 Å². The Kier molecular flexibility index (Phi) is 2.01. The molecular weight excluding hydrogens is 156 g/mol. The monoisotopic (exact) mass is 160 g/mol. The summed E-state index contributed by atoms with van der Waals surface area (Å²) in [6.07, 6.45) is 1.61. The molecule has 2 rings (SSSR count). The first-order valence-corrected chi connectivity index (χ1v) is 2.82. The second kappa shape index (κ2) is 2.67. The number of carbonyl (C=O) groups excluding carboxylic acids is 2. The van der Waals surface area contributed by atoms with E-state index in [1.807, 2.05) is 0 Å². The highest BCUT2D eigenvalue weighted by molar-refractivity contribution is 6.51. The lowest BCUT2D eigenvalue weighted by Gasteiger charge is -1.83. The van der Waals surface area contributed by atoms with E-state index >= 15 is 0 Å². The van der Waals surface area contributed by atoms with Crippen LogP contribution in [0, 0.1) is 0 Å². The topological polar surface area (TPSA) is 62.0 Å². The van der Waals surface area contributed by atoms with Crippen molar-refractivity contribution in [2.45, 2.75) is 0 Å². The van der Waals surface area contributed by atoms with Gasteiger partial charge in [0.05, 0.1) is 5.69 Å². The fourth-order valence-electron chi connectivity index (χ4n) is 0.954. The van der Waals surface area contributed by atoms with Crippen LogP contribution in [0.3, 0.4) is 0 Å². The van der Waals surface area contributed by atoms with E-state index in [1.54, 1.807) is 12.3 Å². The third-order valence-electron chi connectivity index (χ3n) is 1.43. The molecule has 5 heteroatoms. The molecular formula is C6H4MgN2O2. The van der Waals surface area contributed by atoms with Crippen molar-refractivity contribution >= 4 is 40.4 Å². The maximum Gasteiger partial charge on any atom is 0.298 e. The number of anilines is 1. The molecule has 1 aliphatic rings. The van der Waals surface area contributed by atoms with Gasteiger partial charge in [-0.2, -0.15) is 0 Å². The highest BCUT2D eigenvalue weighted by Crippen LogP contribution is 2.19. The van der Waals surface area contributed by atoms with E-state index in [4.69, 9.17) is 0 Å². The summed E-state index contributed by atoms with van der Waals surface area (Å²) < 4.78 is 0. The van der Waals surface area contributed by atoms with Gasteiger partial charge in [-0.1, -0.05) is 0 Å². The van der Waals surface area contributed by atoms with Crippen LogP contribution < -0.4 is 5.32 Å². The quantitative estimate of drug-likeness (QED) is 0.407. The Bertz CT molecular complexity index is 318. The number of rotatable bonds is 0. The molecule has 0 saturated heterocycles. The van der Waals surface area contributed by atoms with Gasteiger partial charge in [-0.25, -0.2) is 0 Å². The standard InChI is InChI=1S/C6H4N2O2.Mg/c9-5-4-3(1-2-7-4)8-6(5)10;/h1-2,7H,(H,8,9,10);. The lowest BCUT2D eigenvalue weighted by molar-refractivity contribution is -0.112. The van der Waals surface area contributed by atoms with Crippen LogP contribution in [0.25, 0.3) is 0 Å². The van der Waals surface area contributed by atoms with Gasteiger partial charge in [0.25, 0.3) is 11.7 Å². The number of hydrogen-bond donors (Lipinski definition) is 2. The summed E-state index contributed by atoms with van der Waals surface area (Å²) >= 11 is 0. The van der Waals surface area contributed by atoms with Gasteiger partial charge >= 0.3 is 0 Å². The van der Waals surface area contributed by atoms with Gasteiger partial charge in [-0.05, 0) is 6.07 Å². The highest BCUT2D eigenvalue weighted by atomic mass is 24.3.